The minimum absolute atomic E-state index is 0.0420. The minimum atomic E-state index is -0.0420. The molecule has 0 aliphatic carbocycles. The number of ether oxygens (including phenoxy) is 1. The lowest BCUT2D eigenvalue weighted by Gasteiger charge is -2.18. The third kappa shape index (κ3) is 4.75. The Morgan fingerprint density at radius 2 is 1.82 bits per heavy atom. The number of carbonyl (C=O) groups is 1. The highest BCUT2D eigenvalue weighted by Gasteiger charge is 2.17. The van der Waals surface area contributed by atoms with Crippen LogP contribution in [0.25, 0.3) is 33.3 Å². The molecule has 34 heavy (non-hydrogen) atoms. The number of rotatable bonds is 8. The standard InChI is InChI=1S/C27H31N5O2/c1-31(2)13-12-28-24-11-10-18(14-22(24)27(33)32(3)4)19-15-21-23(17-30-26(21)29-16-19)20-8-6-7-9-25(20)34-5/h6-11,14-17,28H,12-13H2,1-5H3,(H,29,30). The number of likely N-dealkylation sites (N-methyl/N-ethyl adjacent to an activating group) is 1. The molecule has 0 unspecified atom stereocenters. The highest BCUT2D eigenvalue weighted by molar-refractivity contribution is 6.01. The molecule has 4 rings (SSSR count). The highest BCUT2D eigenvalue weighted by atomic mass is 16.5. The second-order valence-corrected chi connectivity index (χ2v) is 8.71. The molecular weight excluding hydrogens is 426 g/mol. The van der Waals surface area contributed by atoms with Crippen LogP contribution in [0.3, 0.4) is 0 Å². The largest absolute Gasteiger partial charge is 0.496 e. The molecular formula is C27H31N5O2. The molecule has 0 bridgehead atoms. The van der Waals surface area contributed by atoms with Gasteiger partial charge in [-0.1, -0.05) is 24.3 Å². The zero-order valence-electron chi connectivity index (χ0n) is 20.3. The summed E-state index contributed by atoms with van der Waals surface area (Å²) >= 11 is 0. The zero-order valence-corrected chi connectivity index (χ0v) is 20.3. The summed E-state index contributed by atoms with van der Waals surface area (Å²) in [5, 5.41) is 4.40. The Hall–Kier alpha value is -3.84. The van der Waals surface area contributed by atoms with Crippen molar-refractivity contribution < 1.29 is 9.53 Å². The molecule has 0 aliphatic rings. The van der Waals surface area contributed by atoms with Gasteiger partial charge >= 0.3 is 0 Å². The van der Waals surface area contributed by atoms with Gasteiger partial charge in [-0.2, -0.15) is 0 Å². The van der Waals surface area contributed by atoms with Crippen molar-refractivity contribution in [1.29, 1.82) is 0 Å². The second-order valence-electron chi connectivity index (χ2n) is 8.71. The Balaban J connectivity index is 1.76. The summed E-state index contributed by atoms with van der Waals surface area (Å²) < 4.78 is 5.57. The maximum absolute atomic E-state index is 13.0. The molecule has 0 atom stereocenters. The van der Waals surface area contributed by atoms with Gasteiger partial charge in [0.05, 0.1) is 12.7 Å². The molecule has 1 amide bonds. The predicted molar refractivity (Wildman–Crippen MR) is 139 cm³/mol. The van der Waals surface area contributed by atoms with E-state index < -0.39 is 0 Å². The summed E-state index contributed by atoms with van der Waals surface area (Å²) in [7, 11) is 9.27. The number of aromatic nitrogens is 2. The normalized spacial score (nSPS) is 11.1. The van der Waals surface area contributed by atoms with E-state index in [-0.39, 0.29) is 5.91 Å². The average Bonchev–Trinajstić information content (AvgIpc) is 3.26. The van der Waals surface area contributed by atoms with Gasteiger partial charge in [0.25, 0.3) is 5.91 Å². The van der Waals surface area contributed by atoms with Gasteiger partial charge in [0.2, 0.25) is 0 Å². The van der Waals surface area contributed by atoms with Crippen LogP contribution in [0.2, 0.25) is 0 Å². The third-order valence-electron chi connectivity index (χ3n) is 5.79. The molecule has 0 radical (unpaired) electrons. The number of nitrogens with one attached hydrogen (secondary N) is 2. The molecule has 176 valence electrons. The van der Waals surface area contributed by atoms with Crippen molar-refractivity contribution >= 4 is 22.6 Å². The van der Waals surface area contributed by atoms with Gasteiger partial charge in [0.1, 0.15) is 11.4 Å². The molecule has 0 aliphatic heterocycles. The Bertz CT molecular complexity index is 1310. The first-order valence-electron chi connectivity index (χ1n) is 11.2. The van der Waals surface area contributed by atoms with E-state index in [1.807, 2.05) is 69.0 Å². The van der Waals surface area contributed by atoms with E-state index in [1.165, 1.54) is 0 Å². The van der Waals surface area contributed by atoms with Crippen molar-refractivity contribution in [1.82, 2.24) is 19.8 Å². The number of methoxy groups -OCH3 is 1. The fourth-order valence-electron chi connectivity index (χ4n) is 3.96. The van der Waals surface area contributed by atoms with Crippen LogP contribution >= 0.6 is 0 Å². The number of H-pyrrole nitrogens is 1. The minimum Gasteiger partial charge on any atom is -0.496 e. The molecule has 0 saturated heterocycles. The van der Waals surface area contributed by atoms with Crippen LogP contribution in [0.5, 0.6) is 5.75 Å². The highest BCUT2D eigenvalue weighted by Crippen LogP contribution is 2.36. The predicted octanol–water partition coefficient (Wildman–Crippen LogP) is 4.58. The van der Waals surface area contributed by atoms with E-state index >= 15 is 0 Å². The molecule has 4 aromatic rings. The number of aromatic amines is 1. The first-order chi connectivity index (χ1) is 16.4. The maximum atomic E-state index is 13.0. The summed E-state index contributed by atoms with van der Waals surface area (Å²) in [5.41, 5.74) is 6.17. The van der Waals surface area contributed by atoms with Crippen molar-refractivity contribution in [3.8, 4) is 28.0 Å². The summed E-state index contributed by atoms with van der Waals surface area (Å²) in [6.07, 6.45) is 3.79. The van der Waals surface area contributed by atoms with Crippen LogP contribution in [-0.4, -0.2) is 74.1 Å². The number of nitrogens with zero attached hydrogens (tertiary/aromatic N) is 3. The van der Waals surface area contributed by atoms with Crippen LogP contribution in [0.15, 0.2) is 60.9 Å². The monoisotopic (exact) mass is 457 g/mol. The summed E-state index contributed by atoms with van der Waals surface area (Å²) in [6.45, 7) is 1.62. The first kappa shape index (κ1) is 23.3. The molecule has 0 fully saturated rings. The molecule has 2 N–H and O–H groups in total. The van der Waals surface area contributed by atoms with E-state index in [1.54, 1.807) is 26.1 Å². The number of anilines is 1. The van der Waals surface area contributed by atoms with Crippen LogP contribution in [0.4, 0.5) is 5.69 Å². The van der Waals surface area contributed by atoms with Gasteiger partial charge in [-0.05, 0) is 43.9 Å². The smallest absolute Gasteiger partial charge is 0.255 e. The number of pyridine rings is 1. The molecule has 7 nitrogen and oxygen atoms in total. The number of benzene rings is 2. The Kier molecular flexibility index (Phi) is 6.84. The Morgan fingerprint density at radius 3 is 2.56 bits per heavy atom. The van der Waals surface area contributed by atoms with E-state index in [0.717, 1.165) is 57.8 Å². The molecule has 0 saturated carbocycles. The third-order valence-corrected chi connectivity index (χ3v) is 5.79. The molecule has 2 aromatic heterocycles. The average molecular weight is 458 g/mol. The lowest BCUT2D eigenvalue weighted by molar-refractivity contribution is 0.0828. The molecule has 2 aromatic carbocycles. The lowest BCUT2D eigenvalue weighted by atomic mass is 9.99. The summed E-state index contributed by atoms with van der Waals surface area (Å²) in [6, 6.07) is 16.0. The van der Waals surface area contributed by atoms with Crippen LogP contribution in [-0.2, 0) is 0 Å². The van der Waals surface area contributed by atoms with Gasteiger partial charge in [0, 0.05) is 67.3 Å². The Labute approximate surface area is 200 Å². The first-order valence-corrected chi connectivity index (χ1v) is 11.2. The number of para-hydroxylation sites is 1. The number of amides is 1. The summed E-state index contributed by atoms with van der Waals surface area (Å²) in [4.78, 5) is 24.6. The number of carbonyl (C=O) groups excluding carboxylic acids is 1. The topological polar surface area (TPSA) is 73.5 Å². The van der Waals surface area contributed by atoms with Crippen molar-refractivity contribution in [3.05, 3.63) is 66.5 Å². The van der Waals surface area contributed by atoms with Gasteiger partial charge in [-0.15, -0.1) is 0 Å². The van der Waals surface area contributed by atoms with Gasteiger partial charge in [-0.3, -0.25) is 4.79 Å². The van der Waals surface area contributed by atoms with Crippen molar-refractivity contribution in [3.63, 3.8) is 0 Å². The van der Waals surface area contributed by atoms with E-state index in [4.69, 9.17) is 4.74 Å². The van der Waals surface area contributed by atoms with Crippen LogP contribution in [0, 0.1) is 0 Å². The lowest BCUT2D eigenvalue weighted by Crippen LogP contribution is -2.25. The van der Waals surface area contributed by atoms with E-state index in [2.05, 4.69) is 26.3 Å². The summed E-state index contributed by atoms with van der Waals surface area (Å²) in [5.74, 6) is 0.764. The maximum Gasteiger partial charge on any atom is 0.255 e. The van der Waals surface area contributed by atoms with Gasteiger partial charge in [-0.25, -0.2) is 4.98 Å². The van der Waals surface area contributed by atoms with Crippen molar-refractivity contribution in [2.24, 2.45) is 0 Å². The second kappa shape index (κ2) is 9.97. The van der Waals surface area contributed by atoms with Gasteiger partial charge < -0.3 is 24.8 Å². The SMILES string of the molecule is COc1ccccc1-c1c[nH]c2ncc(-c3ccc(NCCN(C)C)c(C(=O)N(C)C)c3)cc12. The number of hydrogen-bond acceptors (Lipinski definition) is 5. The Morgan fingerprint density at radius 1 is 1.03 bits per heavy atom. The van der Waals surface area contributed by atoms with Gasteiger partial charge in [0.15, 0.2) is 0 Å². The van der Waals surface area contributed by atoms with Crippen molar-refractivity contribution in [2.45, 2.75) is 0 Å². The van der Waals surface area contributed by atoms with Crippen LogP contribution < -0.4 is 10.1 Å². The molecule has 0 spiro atoms. The molecule has 2 heterocycles. The number of fused-ring (bicyclic) bond motifs is 1. The fraction of sp³-hybridized carbons (Fsp3) is 0.259. The quantitative estimate of drug-likeness (QED) is 0.405. The molecule has 7 heteroatoms. The van der Waals surface area contributed by atoms with E-state index in [0.29, 0.717) is 5.56 Å². The van der Waals surface area contributed by atoms with Crippen molar-refractivity contribution in [2.75, 3.05) is 53.7 Å². The van der Waals surface area contributed by atoms with Crippen LogP contribution in [0.1, 0.15) is 10.4 Å². The fourth-order valence-corrected chi connectivity index (χ4v) is 3.96. The van der Waals surface area contributed by atoms with E-state index in [9.17, 15) is 4.79 Å². The zero-order chi connectivity index (χ0) is 24.2. The number of hydrogen-bond donors (Lipinski definition) is 2.